The maximum absolute atomic E-state index is 5.76. The molecule has 1 heterocycles. The van der Waals surface area contributed by atoms with E-state index < -0.39 is 0 Å². The topological polar surface area (TPSA) is 9.23 Å². The van der Waals surface area contributed by atoms with Gasteiger partial charge in [-0.2, -0.15) is 0 Å². The van der Waals surface area contributed by atoms with Gasteiger partial charge >= 0.3 is 0 Å². The molecule has 1 saturated heterocycles. The summed E-state index contributed by atoms with van der Waals surface area (Å²) in [4.78, 5) is 0. The highest BCUT2D eigenvalue weighted by molar-refractivity contribution is 5.01. The van der Waals surface area contributed by atoms with E-state index in [2.05, 4.69) is 0 Å². The van der Waals surface area contributed by atoms with E-state index in [0.29, 0.717) is 12.2 Å². The Morgan fingerprint density at radius 3 is 1.56 bits per heavy atom. The van der Waals surface area contributed by atoms with Crippen molar-refractivity contribution in [1.82, 2.24) is 0 Å². The van der Waals surface area contributed by atoms with E-state index in [1.165, 1.54) is 25.7 Å². The van der Waals surface area contributed by atoms with Gasteiger partial charge in [-0.3, -0.25) is 0 Å². The zero-order valence-electron chi connectivity index (χ0n) is 5.55. The molecule has 1 nitrogen and oxygen atoms in total. The molecule has 4 atom stereocenters. The summed E-state index contributed by atoms with van der Waals surface area (Å²) in [5.41, 5.74) is 0. The van der Waals surface area contributed by atoms with E-state index in [1.54, 1.807) is 0 Å². The first kappa shape index (κ1) is 4.73. The van der Waals surface area contributed by atoms with E-state index in [4.69, 9.17) is 4.74 Å². The summed E-state index contributed by atoms with van der Waals surface area (Å²) in [6, 6.07) is 0. The van der Waals surface area contributed by atoms with Crippen molar-refractivity contribution in [3.05, 3.63) is 0 Å². The first-order valence-electron chi connectivity index (χ1n) is 4.10. The van der Waals surface area contributed by atoms with Crippen LogP contribution in [0.15, 0.2) is 0 Å². The summed E-state index contributed by atoms with van der Waals surface area (Å²) in [5.74, 6) is 2.01. The minimum atomic E-state index is 0.711. The molecule has 0 amide bonds. The summed E-state index contributed by atoms with van der Waals surface area (Å²) in [5, 5.41) is 0. The highest BCUT2D eigenvalue weighted by Crippen LogP contribution is 2.53. The summed E-state index contributed by atoms with van der Waals surface area (Å²) in [6.45, 7) is 0. The Balaban J connectivity index is 1.87. The van der Waals surface area contributed by atoms with Crippen molar-refractivity contribution in [2.75, 3.05) is 0 Å². The number of hydrogen-bond donors (Lipinski definition) is 0. The van der Waals surface area contributed by atoms with Crippen molar-refractivity contribution in [1.29, 1.82) is 0 Å². The maximum Gasteiger partial charge on any atom is 0.0610 e. The molecule has 1 aliphatic heterocycles. The van der Waals surface area contributed by atoms with Crippen LogP contribution in [0.2, 0.25) is 0 Å². The third kappa shape index (κ3) is 0.420. The van der Waals surface area contributed by atoms with Crippen LogP contribution in [0.3, 0.4) is 0 Å². The van der Waals surface area contributed by atoms with Crippen LogP contribution in [0.25, 0.3) is 0 Å². The average molecular weight is 124 g/mol. The second-order valence-corrected chi connectivity index (χ2v) is 3.70. The van der Waals surface area contributed by atoms with E-state index in [-0.39, 0.29) is 0 Å². The monoisotopic (exact) mass is 124 g/mol. The Labute approximate surface area is 55.4 Å². The van der Waals surface area contributed by atoms with E-state index in [0.717, 1.165) is 11.8 Å². The molecule has 0 aromatic rings. The molecule has 9 heavy (non-hydrogen) atoms. The SMILES string of the molecule is C1CC2C1OC1CCC12. The maximum atomic E-state index is 5.76. The summed E-state index contributed by atoms with van der Waals surface area (Å²) in [6.07, 6.45) is 7.07. The normalized spacial score (nSPS) is 61.3. The van der Waals surface area contributed by atoms with Gasteiger partial charge in [-0.1, -0.05) is 0 Å². The van der Waals surface area contributed by atoms with Crippen LogP contribution in [-0.2, 0) is 4.74 Å². The third-order valence-electron chi connectivity index (χ3n) is 3.42. The van der Waals surface area contributed by atoms with Gasteiger partial charge in [-0.25, -0.2) is 0 Å². The summed E-state index contributed by atoms with van der Waals surface area (Å²) >= 11 is 0. The van der Waals surface area contributed by atoms with Crippen LogP contribution in [0.4, 0.5) is 0 Å². The zero-order chi connectivity index (χ0) is 5.84. The Hall–Kier alpha value is -0.0400. The molecule has 3 aliphatic rings. The highest BCUT2D eigenvalue weighted by atomic mass is 16.5. The van der Waals surface area contributed by atoms with Crippen molar-refractivity contribution in [2.24, 2.45) is 11.8 Å². The first-order chi connectivity index (χ1) is 4.45. The lowest BCUT2D eigenvalue weighted by Gasteiger charge is -2.35. The fourth-order valence-electron chi connectivity index (χ4n) is 2.53. The largest absolute Gasteiger partial charge is 0.374 e. The van der Waals surface area contributed by atoms with Crippen molar-refractivity contribution >= 4 is 0 Å². The average Bonchev–Trinajstić information content (AvgIpc) is 1.88. The lowest BCUT2D eigenvalue weighted by Crippen LogP contribution is -2.34. The second-order valence-electron chi connectivity index (χ2n) is 3.70. The molecule has 0 radical (unpaired) electrons. The Bertz CT molecular complexity index is 128. The molecule has 3 fully saturated rings. The number of hydrogen-bond acceptors (Lipinski definition) is 1. The summed E-state index contributed by atoms with van der Waals surface area (Å²) in [7, 11) is 0. The third-order valence-corrected chi connectivity index (χ3v) is 3.42. The molecule has 0 aromatic carbocycles. The minimum absolute atomic E-state index is 0.711. The molecule has 4 unspecified atom stereocenters. The molecule has 0 aromatic heterocycles. The zero-order valence-corrected chi connectivity index (χ0v) is 5.55. The van der Waals surface area contributed by atoms with E-state index >= 15 is 0 Å². The Morgan fingerprint density at radius 2 is 1.33 bits per heavy atom. The summed E-state index contributed by atoms with van der Waals surface area (Å²) < 4.78 is 5.76. The standard InChI is InChI=1S/C8H12O/c1-3-7-5(1)6-2-4-8(6)9-7/h5-8H,1-4H2. The smallest absolute Gasteiger partial charge is 0.0610 e. The number of ether oxygens (including phenoxy) is 1. The van der Waals surface area contributed by atoms with Crippen LogP contribution >= 0.6 is 0 Å². The Morgan fingerprint density at radius 1 is 0.778 bits per heavy atom. The molecule has 0 bridgehead atoms. The van der Waals surface area contributed by atoms with Crippen LogP contribution in [-0.4, -0.2) is 12.2 Å². The van der Waals surface area contributed by atoms with Crippen molar-refractivity contribution in [3.63, 3.8) is 0 Å². The van der Waals surface area contributed by atoms with Gasteiger partial charge < -0.3 is 4.74 Å². The van der Waals surface area contributed by atoms with Gasteiger partial charge in [0.15, 0.2) is 0 Å². The van der Waals surface area contributed by atoms with Crippen LogP contribution < -0.4 is 0 Å². The molecule has 0 spiro atoms. The predicted octanol–water partition coefficient (Wildman–Crippen LogP) is 1.57. The molecular weight excluding hydrogens is 112 g/mol. The molecule has 2 aliphatic carbocycles. The molecule has 3 rings (SSSR count). The fraction of sp³-hybridized carbons (Fsp3) is 1.00. The Kier molecular flexibility index (Phi) is 0.704. The van der Waals surface area contributed by atoms with Gasteiger partial charge in [0.1, 0.15) is 0 Å². The van der Waals surface area contributed by atoms with Crippen LogP contribution in [0.5, 0.6) is 0 Å². The molecular formula is C8H12O. The first-order valence-corrected chi connectivity index (χ1v) is 4.10. The predicted molar refractivity (Wildman–Crippen MR) is 34.1 cm³/mol. The lowest BCUT2D eigenvalue weighted by atomic mass is 9.67. The number of rotatable bonds is 0. The van der Waals surface area contributed by atoms with Gasteiger partial charge in [-0.05, 0) is 37.5 Å². The van der Waals surface area contributed by atoms with Crippen molar-refractivity contribution < 1.29 is 4.74 Å². The fourth-order valence-corrected chi connectivity index (χ4v) is 2.53. The van der Waals surface area contributed by atoms with Crippen molar-refractivity contribution in [3.8, 4) is 0 Å². The van der Waals surface area contributed by atoms with E-state index in [1.807, 2.05) is 0 Å². The lowest BCUT2D eigenvalue weighted by molar-refractivity contribution is -0.0193. The minimum Gasteiger partial charge on any atom is -0.374 e. The number of fused-ring (bicyclic) bond motifs is 3. The van der Waals surface area contributed by atoms with Gasteiger partial charge in [0.25, 0.3) is 0 Å². The molecule has 0 N–H and O–H groups in total. The van der Waals surface area contributed by atoms with Crippen LogP contribution in [0.1, 0.15) is 25.7 Å². The van der Waals surface area contributed by atoms with E-state index in [9.17, 15) is 0 Å². The highest BCUT2D eigenvalue weighted by Gasteiger charge is 2.52. The second kappa shape index (κ2) is 1.34. The van der Waals surface area contributed by atoms with Gasteiger partial charge in [0, 0.05) is 0 Å². The van der Waals surface area contributed by atoms with Gasteiger partial charge in [0.05, 0.1) is 12.2 Å². The molecule has 1 heteroatoms. The molecule has 2 saturated carbocycles. The molecule has 50 valence electrons. The van der Waals surface area contributed by atoms with Gasteiger partial charge in [-0.15, -0.1) is 0 Å². The van der Waals surface area contributed by atoms with Crippen LogP contribution in [0, 0.1) is 11.8 Å². The quantitative estimate of drug-likeness (QED) is 0.476. The van der Waals surface area contributed by atoms with Gasteiger partial charge in [0.2, 0.25) is 0 Å². The van der Waals surface area contributed by atoms with Crippen molar-refractivity contribution in [2.45, 2.75) is 37.9 Å².